The summed E-state index contributed by atoms with van der Waals surface area (Å²) in [4.78, 5) is 0.288. The van der Waals surface area contributed by atoms with Crippen molar-refractivity contribution in [1.82, 2.24) is 0 Å². The van der Waals surface area contributed by atoms with Crippen LogP contribution >= 0.6 is 12.4 Å². The molecule has 0 aliphatic carbocycles. The van der Waals surface area contributed by atoms with Crippen molar-refractivity contribution in [3.63, 3.8) is 0 Å². The third-order valence-corrected chi connectivity index (χ3v) is 4.63. The Kier molecular flexibility index (Phi) is 7.32. The number of aryl methyl sites for hydroxylation is 1. The minimum absolute atomic E-state index is 0. The van der Waals surface area contributed by atoms with Gasteiger partial charge in [0, 0.05) is 11.4 Å². The van der Waals surface area contributed by atoms with Crippen molar-refractivity contribution in [3.05, 3.63) is 77.7 Å². The molecule has 0 amide bonds. The topological polar surface area (TPSA) is 60.2 Å². The van der Waals surface area contributed by atoms with Gasteiger partial charge in [-0.05, 0) is 30.5 Å². The number of halogens is 1. The molecule has 0 aliphatic rings. The molecular weight excluding hydrogens is 318 g/mol. The van der Waals surface area contributed by atoms with Gasteiger partial charge in [0.1, 0.15) is 0 Å². The summed E-state index contributed by atoms with van der Waals surface area (Å²) < 4.78 is 24.1. The summed E-state index contributed by atoms with van der Waals surface area (Å²) in [6.07, 6.45) is 3.10. The van der Waals surface area contributed by atoms with Gasteiger partial charge in [-0.15, -0.1) is 12.4 Å². The van der Waals surface area contributed by atoms with Gasteiger partial charge >= 0.3 is 0 Å². The van der Waals surface area contributed by atoms with Crippen molar-refractivity contribution >= 4 is 22.2 Å². The van der Waals surface area contributed by atoms with E-state index in [2.05, 4.69) is 0 Å². The molecular formula is C17H20ClNO2S. The van der Waals surface area contributed by atoms with E-state index < -0.39 is 9.84 Å². The predicted octanol–water partition coefficient (Wildman–Crippen LogP) is 3.36. The smallest absolute Gasteiger partial charge is 0.199 e. The zero-order valence-corrected chi connectivity index (χ0v) is 13.8. The highest BCUT2D eigenvalue weighted by atomic mass is 35.5. The molecule has 0 spiro atoms. The van der Waals surface area contributed by atoms with Crippen molar-refractivity contribution in [1.29, 1.82) is 0 Å². The maximum absolute atomic E-state index is 12.1. The summed E-state index contributed by atoms with van der Waals surface area (Å²) in [6.45, 7) is 0. The lowest BCUT2D eigenvalue weighted by Gasteiger charge is -2.06. The molecule has 2 aromatic rings. The first-order valence-corrected chi connectivity index (χ1v) is 8.40. The third kappa shape index (κ3) is 5.64. The molecule has 0 fully saturated rings. The van der Waals surface area contributed by atoms with Crippen LogP contribution in [-0.2, 0) is 16.3 Å². The summed E-state index contributed by atoms with van der Waals surface area (Å²) in [5.41, 5.74) is 7.16. The predicted molar refractivity (Wildman–Crippen MR) is 92.8 cm³/mol. The van der Waals surface area contributed by atoms with Gasteiger partial charge in [-0.25, -0.2) is 8.42 Å². The van der Waals surface area contributed by atoms with Crippen molar-refractivity contribution in [2.45, 2.75) is 23.8 Å². The van der Waals surface area contributed by atoms with Gasteiger partial charge in [-0.2, -0.15) is 0 Å². The van der Waals surface area contributed by atoms with E-state index in [1.165, 1.54) is 11.0 Å². The van der Waals surface area contributed by atoms with E-state index in [-0.39, 0.29) is 23.3 Å². The Bertz CT molecular complexity index is 685. The quantitative estimate of drug-likeness (QED) is 0.879. The highest BCUT2D eigenvalue weighted by Gasteiger charge is 2.09. The zero-order valence-electron chi connectivity index (χ0n) is 12.1. The maximum atomic E-state index is 12.1. The molecule has 0 aromatic heterocycles. The van der Waals surface area contributed by atoms with E-state index in [4.69, 9.17) is 5.73 Å². The van der Waals surface area contributed by atoms with Crippen molar-refractivity contribution in [2.24, 2.45) is 5.73 Å². The fourth-order valence-electron chi connectivity index (χ4n) is 1.97. The summed E-state index contributed by atoms with van der Waals surface area (Å²) >= 11 is 0. The lowest BCUT2D eigenvalue weighted by atomic mass is 10.1. The Morgan fingerprint density at radius 2 is 1.50 bits per heavy atom. The standard InChI is InChI=1S/C17H19NO2S.ClH/c18-16(12-11-15-7-3-1-4-8-15)13-14-21(19,20)17-9-5-2-6-10-17;/h1-10,13-14,16H,11-12,18H2;1H/b14-13+;/t16-;/m1./s1. The van der Waals surface area contributed by atoms with Crippen molar-refractivity contribution in [2.75, 3.05) is 0 Å². The fraction of sp³-hybridized carbons (Fsp3) is 0.176. The number of hydrogen-bond donors (Lipinski definition) is 1. The van der Waals surface area contributed by atoms with Crippen LogP contribution in [0.25, 0.3) is 0 Å². The Hall–Kier alpha value is -1.62. The van der Waals surface area contributed by atoms with Gasteiger partial charge in [0.05, 0.1) is 4.90 Å². The molecule has 2 aromatic carbocycles. The molecule has 5 heteroatoms. The maximum Gasteiger partial charge on any atom is 0.199 e. The average Bonchev–Trinajstić information content (AvgIpc) is 2.53. The van der Waals surface area contributed by atoms with Crippen LogP contribution in [-0.4, -0.2) is 14.5 Å². The van der Waals surface area contributed by atoms with Gasteiger partial charge in [-0.1, -0.05) is 54.6 Å². The fourth-order valence-corrected chi connectivity index (χ4v) is 3.07. The molecule has 0 unspecified atom stereocenters. The van der Waals surface area contributed by atoms with Crippen molar-refractivity contribution < 1.29 is 8.42 Å². The SMILES string of the molecule is Cl.N[C@@H](/C=C/S(=O)(=O)c1ccccc1)CCc1ccccc1. The number of benzene rings is 2. The highest BCUT2D eigenvalue weighted by molar-refractivity contribution is 7.94. The van der Waals surface area contributed by atoms with E-state index >= 15 is 0 Å². The van der Waals surface area contributed by atoms with Crippen LogP contribution in [0.2, 0.25) is 0 Å². The molecule has 0 bridgehead atoms. The zero-order chi connectivity index (χ0) is 15.1. The number of sulfone groups is 1. The normalized spacial score (nSPS) is 12.8. The molecule has 2 rings (SSSR count). The summed E-state index contributed by atoms with van der Waals surface area (Å²) in [5, 5.41) is 1.21. The second-order valence-electron chi connectivity index (χ2n) is 4.87. The second-order valence-corrected chi connectivity index (χ2v) is 6.71. The van der Waals surface area contributed by atoms with E-state index in [1.54, 1.807) is 36.4 Å². The second kappa shape index (κ2) is 8.73. The summed E-state index contributed by atoms with van der Waals surface area (Å²) in [7, 11) is -3.40. The number of nitrogens with two attached hydrogens (primary N) is 1. The lowest BCUT2D eigenvalue weighted by molar-refractivity contribution is 0.604. The van der Waals surface area contributed by atoms with E-state index in [0.717, 1.165) is 6.42 Å². The first-order chi connectivity index (χ1) is 10.1. The summed E-state index contributed by atoms with van der Waals surface area (Å²) in [6, 6.07) is 18.1. The average molecular weight is 338 g/mol. The first kappa shape index (κ1) is 18.4. The number of rotatable bonds is 6. The monoisotopic (exact) mass is 337 g/mol. The molecule has 2 N–H and O–H groups in total. The molecule has 3 nitrogen and oxygen atoms in total. The number of hydrogen-bond acceptors (Lipinski definition) is 3. The Labute approximate surface area is 138 Å². The van der Waals surface area contributed by atoms with Crippen LogP contribution in [0, 0.1) is 0 Å². The Balaban J connectivity index is 0.00000242. The van der Waals surface area contributed by atoms with Gasteiger partial charge in [0.2, 0.25) is 0 Å². The van der Waals surface area contributed by atoms with Crippen molar-refractivity contribution in [3.8, 4) is 0 Å². The first-order valence-electron chi connectivity index (χ1n) is 6.86. The van der Waals surface area contributed by atoms with Gasteiger partial charge in [-0.3, -0.25) is 0 Å². The molecule has 1 atom stereocenters. The van der Waals surface area contributed by atoms with Crippen LogP contribution < -0.4 is 5.73 Å². The molecule has 0 heterocycles. The Morgan fingerprint density at radius 3 is 2.09 bits per heavy atom. The van der Waals surface area contributed by atoms with Crippen LogP contribution in [0.3, 0.4) is 0 Å². The van der Waals surface area contributed by atoms with Gasteiger partial charge in [0.15, 0.2) is 9.84 Å². The third-order valence-electron chi connectivity index (χ3n) is 3.19. The largest absolute Gasteiger partial charge is 0.324 e. The van der Waals surface area contributed by atoms with Crippen LogP contribution in [0.15, 0.2) is 77.0 Å². The minimum Gasteiger partial charge on any atom is -0.324 e. The van der Waals surface area contributed by atoms with Crippen LogP contribution in [0.4, 0.5) is 0 Å². The van der Waals surface area contributed by atoms with Gasteiger partial charge < -0.3 is 5.73 Å². The van der Waals surface area contributed by atoms with E-state index in [9.17, 15) is 8.42 Å². The van der Waals surface area contributed by atoms with Crippen LogP contribution in [0.1, 0.15) is 12.0 Å². The van der Waals surface area contributed by atoms with Gasteiger partial charge in [0.25, 0.3) is 0 Å². The molecule has 0 aliphatic heterocycles. The lowest BCUT2D eigenvalue weighted by Crippen LogP contribution is -2.18. The summed E-state index contributed by atoms with van der Waals surface area (Å²) in [5.74, 6) is 0. The molecule has 118 valence electrons. The minimum atomic E-state index is -3.40. The molecule has 0 radical (unpaired) electrons. The van der Waals surface area contributed by atoms with E-state index in [0.29, 0.717) is 6.42 Å². The Morgan fingerprint density at radius 1 is 0.955 bits per heavy atom. The van der Waals surface area contributed by atoms with E-state index in [1.807, 2.05) is 30.3 Å². The highest BCUT2D eigenvalue weighted by Crippen LogP contribution is 2.12. The molecule has 22 heavy (non-hydrogen) atoms. The molecule has 0 saturated carbocycles. The molecule has 0 saturated heterocycles. The van der Waals surface area contributed by atoms with Crippen LogP contribution in [0.5, 0.6) is 0 Å².